The van der Waals surface area contributed by atoms with Crippen molar-refractivity contribution in [1.82, 2.24) is 9.88 Å². The van der Waals surface area contributed by atoms with Crippen molar-refractivity contribution in [3.63, 3.8) is 0 Å². The molecule has 0 spiro atoms. The summed E-state index contributed by atoms with van der Waals surface area (Å²) in [6.07, 6.45) is 1.05. The summed E-state index contributed by atoms with van der Waals surface area (Å²) in [7, 11) is 1.81. The zero-order valence-electron chi connectivity index (χ0n) is 13.3. The Morgan fingerprint density at radius 3 is 2.60 bits per heavy atom. The number of anilines is 2. The lowest BCUT2D eigenvalue weighted by atomic mass is 10.1. The average Bonchev–Trinajstić information content (AvgIpc) is 2.66. The summed E-state index contributed by atoms with van der Waals surface area (Å²) in [5, 5.41) is 3.93. The quantitative estimate of drug-likeness (QED) is 0.876. The molecule has 0 radical (unpaired) electrons. The lowest BCUT2D eigenvalue weighted by Crippen LogP contribution is -2.30. The summed E-state index contributed by atoms with van der Waals surface area (Å²) >= 11 is 1.32. The van der Waals surface area contributed by atoms with Crippen LogP contribution < -0.4 is 11.1 Å². The molecule has 1 atom stereocenters. The third-order valence-corrected chi connectivity index (χ3v) is 3.93. The number of amides is 1. The first-order chi connectivity index (χ1) is 9.14. The maximum absolute atomic E-state index is 12.4. The van der Waals surface area contributed by atoms with Crippen molar-refractivity contribution in [2.24, 2.45) is 5.92 Å². The van der Waals surface area contributed by atoms with Crippen LogP contribution in [0.4, 0.5) is 10.9 Å². The lowest BCUT2D eigenvalue weighted by molar-refractivity contribution is 0.0780. The maximum atomic E-state index is 12.4. The molecular weight excluding hydrogens is 272 g/mol. The van der Waals surface area contributed by atoms with E-state index >= 15 is 0 Å². The van der Waals surface area contributed by atoms with E-state index in [0.29, 0.717) is 21.7 Å². The van der Waals surface area contributed by atoms with Gasteiger partial charge in [0.1, 0.15) is 10.7 Å². The van der Waals surface area contributed by atoms with Crippen molar-refractivity contribution >= 4 is 28.2 Å². The number of carbonyl (C=O) groups is 1. The fraction of sp³-hybridized carbons (Fsp3) is 0.714. The van der Waals surface area contributed by atoms with Crippen molar-refractivity contribution in [1.29, 1.82) is 0 Å². The Kier molecular flexibility index (Phi) is 5.39. The molecule has 0 bridgehead atoms. The molecule has 5 nitrogen and oxygen atoms in total. The van der Waals surface area contributed by atoms with E-state index in [1.165, 1.54) is 11.3 Å². The third-order valence-electron chi connectivity index (χ3n) is 2.96. The normalized spacial score (nSPS) is 13.1. The van der Waals surface area contributed by atoms with Crippen molar-refractivity contribution < 1.29 is 4.79 Å². The van der Waals surface area contributed by atoms with Crippen molar-refractivity contribution in [2.75, 3.05) is 24.6 Å². The summed E-state index contributed by atoms with van der Waals surface area (Å²) < 4.78 is 0. The smallest absolute Gasteiger partial charge is 0.267 e. The summed E-state index contributed by atoms with van der Waals surface area (Å²) in [4.78, 5) is 18.9. The van der Waals surface area contributed by atoms with Crippen molar-refractivity contribution in [3.8, 4) is 0 Å². The molecule has 0 aliphatic rings. The molecular formula is C14H26N4OS. The summed E-state index contributed by atoms with van der Waals surface area (Å²) in [6.45, 7) is 11.1. The zero-order chi connectivity index (χ0) is 15.5. The molecule has 1 unspecified atom stereocenters. The van der Waals surface area contributed by atoms with Crippen LogP contribution in [-0.4, -0.2) is 34.9 Å². The van der Waals surface area contributed by atoms with E-state index in [2.05, 4.69) is 24.1 Å². The van der Waals surface area contributed by atoms with E-state index in [0.717, 1.165) is 13.0 Å². The molecule has 1 rings (SSSR count). The Labute approximate surface area is 125 Å². The Morgan fingerprint density at radius 2 is 2.10 bits per heavy atom. The molecule has 0 saturated heterocycles. The fourth-order valence-corrected chi connectivity index (χ4v) is 2.80. The number of thiazole rings is 1. The van der Waals surface area contributed by atoms with Gasteiger partial charge in [-0.05, 0) is 26.7 Å². The van der Waals surface area contributed by atoms with Gasteiger partial charge < -0.3 is 16.0 Å². The van der Waals surface area contributed by atoms with E-state index in [1.807, 2.05) is 27.8 Å². The molecule has 1 aromatic rings. The summed E-state index contributed by atoms with van der Waals surface area (Å²) in [5.41, 5.74) is 5.77. The van der Waals surface area contributed by atoms with Gasteiger partial charge in [-0.3, -0.25) is 4.79 Å². The van der Waals surface area contributed by atoms with E-state index < -0.39 is 0 Å². The van der Waals surface area contributed by atoms with Gasteiger partial charge in [-0.25, -0.2) is 4.98 Å². The van der Waals surface area contributed by atoms with Crippen LogP contribution in [0.1, 0.15) is 50.7 Å². The summed E-state index contributed by atoms with van der Waals surface area (Å²) in [6, 6.07) is 0. The van der Waals surface area contributed by atoms with Gasteiger partial charge in [-0.1, -0.05) is 31.6 Å². The van der Waals surface area contributed by atoms with Crippen LogP contribution in [0.15, 0.2) is 0 Å². The van der Waals surface area contributed by atoms with E-state index in [-0.39, 0.29) is 11.4 Å². The van der Waals surface area contributed by atoms with Crippen LogP contribution in [-0.2, 0) is 0 Å². The van der Waals surface area contributed by atoms with Gasteiger partial charge in [-0.2, -0.15) is 0 Å². The van der Waals surface area contributed by atoms with E-state index in [1.54, 1.807) is 4.90 Å². The summed E-state index contributed by atoms with van der Waals surface area (Å²) in [5.74, 6) is 0.732. The number of carbonyl (C=O) groups excluding carboxylic acids is 1. The fourth-order valence-electron chi connectivity index (χ4n) is 1.71. The molecule has 3 N–H and O–H groups in total. The third kappa shape index (κ3) is 4.67. The molecule has 114 valence electrons. The van der Waals surface area contributed by atoms with E-state index in [9.17, 15) is 4.79 Å². The number of nitrogens with zero attached hydrogens (tertiary/aromatic N) is 2. The minimum atomic E-state index is -0.104. The number of hydrogen-bond donors (Lipinski definition) is 2. The Morgan fingerprint density at radius 1 is 1.50 bits per heavy atom. The SMILES string of the molecule is CCC(C)CN(C)C(=O)c1sc(NC(C)(C)C)nc1N. The molecule has 20 heavy (non-hydrogen) atoms. The number of nitrogen functional groups attached to an aromatic ring is 1. The second kappa shape index (κ2) is 6.43. The van der Waals surface area contributed by atoms with Crippen molar-refractivity contribution in [2.45, 2.75) is 46.6 Å². The molecule has 6 heteroatoms. The minimum Gasteiger partial charge on any atom is -0.382 e. The highest BCUT2D eigenvalue weighted by atomic mass is 32.1. The van der Waals surface area contributed by atoms with Gasteiger partial charge in [-0.15, -0.1) is 0 Å². The standard InChI is InChI=1S/C14H26N4OS/c1-7-9(2)8-18(6)12(19)10-11(15)16-13(20-10)17-14(3,4)5/h9H,7-8,15H2,1-6H3,(H,16,17). The minimum absolute atomic E-state index is 0.0535. The first-order valence-electron chi connectivity index (χ1n) is 6.94. The number of aromatic nitrogens is 1. The predicted octanol–water partition coefficient (Wildman–Crippen LogP) is 3.05. The molecule has 0 aromatic carbocycles. The maximum Gasteiger partial charge on any atom is 0.267 e. The molecule has 1 amide bonds. The number of rotatable bonds is 5. The molecule has 1 aromatic heterocycles. The highest BCUT2D eigenvalue weighted by Gasteiger charge is 2.22. The molecule has 1 heterocycles. The van der Waals surface area contributed by atoms with Gasteiger partial charge in [0.25, 0.3) is 5.91 Å². The number of hydrogen-bond acceptors (Lipinski definition) is 5. The first-order valence-corrected chi connectivity index (χ1v) is 7.75. The zero-order valence-corrected chi connectivity index (χ0v) is 14.1. The van der Waals surface area contributed by atoms with Crippen LogP contribution in [0.25, 0.3) is 0 Å². The largest absolute Gasteiger partial charge is 0.382 e. The predicted molar refractivity (Wildman–Crippen MR) is 86.3 cm³/mol. The highest BCUT2D eigenvalue weighted by Crippen LogP contribution is 2.28. The molecule has 0 fully saturated rings. The van der Waals surface area contributed by atoms with Crippen LogP contribution in [0, 0.1) is 5.92 Å². The highest BCUT2D eigenvalue weighted by molar-refractivity contribution is 7.18. The molecule has 0 saturated carbocycles. The second-order valence-corrected chi connectivity index (χ2v) is 7.31. The van der Waals surface area contributed by atoms with Gasteiger partial charge in [0.15, 0.2) is 5.13 Å². The van der Waals surface area contributed by atoms with Crippen LogP contribution >= 0.6 is 11.3 Å². The average molecular weight is 298 g/mol. The number of nitrogens with two attached hydrogens (primary N) is 1. The van der Waals surface area contributed by atoms with Gasteiger partial charge in [0.05, 0.1) is 0 Å². The van der Waals surface area contributed by atoms with E-state index in [4.69, 9.17) is 5.73 Å². The molecule has 0 aliphatic heterocycles. The Balaban J connectivity index is 2.83. The monoisotopic (exact) mass is 298 g/mol. The second-order valence-electron chi connectivity index (χ2n) is 6.31. The topological polar surface area (TPSA) is 71.2 Å². The van der Waals surface area contributed by atoms with Gasteiger partial charge in [0, 0.05) is 19.1 Å². The van der Waals surface area contributed by atoms with Crippen LogP contribution in [0.5, 0.6) is 0 Å². The van der Waals surface area contributed by atoms with Gasteiger partial charge in [0.2, 0.25) is 0 Å². The van der Waals surface area contributed by atoms with Crippen LogP contribution in [0.2, 0.25) is 0 Å². The number of nitrogens with one attached hydrogen (secondary N) is 1. The first kappa shape index (κ1) is 16.8. The lowest BCUT2D eigenvalue weighted by Gasteiger charge is -2.20. The Bertz CT molecular complexity index is 464. The molecule has 0 aliphatic carbocycles. The van der Waals surface area contributed by atoms with Gasteiger partial charge >= 0.3 is 0 Å². The van der Waals surface area contributed by atoms with Crippen LogP contribution in [0.3, 0.4) is 0 Å². The Hall–Kier alpha value is -1.30. The van der Waals surface area contributed by atoms with Crippen molar-refractivity contribution in [3.05, 3.63) is 4.88 Å².